The van der Waals surface area contributed by atoms with Crippen LogP contribution in [-0.4, -0.2) is 15.6 Å². The van der Waals surface area contributed by atoms with Gasteiger partial charge in [0.1, 0.15) is 5.69 Å². The molecule has 0 aromatic carbocycles. The third kappa shape index (κ3) is 1.93. The molecule has 0 amide bonds. The molecule has 84 valence electrons. The monoisotopic (exact) mass is 234 g/mol. The second-order valence-electron chi connectivity index (χ2n) is 3.74. The first-order valence-corrected chi connectivity index (χ1v) is 6.27. The topological polar surface area (TPSA) is 34.9 Å². The van der Waals surface area contributed by atoms with Crippen molar-refractivity contribution in [3.63, 3.8) is 0 Å². The van der Waals surface area contributed by atoms with E-state index in [0.717, 1.165) is 24.1 Å². The largest absolute Gasteiger partial charge is 0.287 e. The molecule has 2 aromatic heterocycles. The van der Waals surface area contributed by atoms with Gasteiger partial charge in [0.05, 0.1) is 0 Å². The molecule has 0 fully saturated rings. The number of carbonyl (C=O) groups is 1. The van der Waals surface area contributed by atoms with Crippen LogP contribution in [0.25, 0.3) is 0 Å². The Hall–Kier alpha value is -1.42. The van der Waals surface area contributed by atoms with E-state index in [1.807, 2.05) is 17.7 Å². The van der Waals surface area contributed by atoms with E-state index in [1.54, 1.807) is 28.3 Å². The summed E-state index contributed by atoms with van der Waals surface area (Å²) in [4.78, 5) is 12.2. The zero-order chi connectivity index (χ0) is 11.5. The maximum Gasteiger partial charge on any atom is 0.212 e. The van der Waals surface area contributed by atoms with E-state index in [4.69, 9.17) is 0 Å². The standard InChI is InChI=1S/C12H14N2OS/c1-3-6-14-11(4-5-13-14)12(15)10-8-16-7-9(10)2/h4-5,7-8H,3,6H2,1-2H3. The highest BCUT2D eigenvalue weighted by Crippen LogP contribution is 2.18. The quantitative estimate of drug-likeness (QED) is 0.762. The molecule has 2 rings (SSSR count). The Kier molecular flexibility index (Phi) is 3.19. The molecular weight excluding hydrogens is 220 g/mol. The maximum atomic E-state index is 12.2. The summed E-state index contributed by atoms with van der Waals surface area (Å²) in [6.07, 6.45) is 2.66. The van der Waals surface area contributed by atoms with Gasteiger partial charge >= 0.3 is 0 Å². The zero-order valence-corrected chi connectivity index (χ0v) is 10.3. The molecule has 0 bridgehead atoms. The molecule has 0 radical (unpaired) electrons. The van der Waals surface area contributed by atoms with Crippen LogP contribution in [0.5, 0.6) is 0 Å². The third-order valence-corrected chi connectivity index (χ3v) is 3.35. The number of nitrogens with zero attached hydrogens (tertiary/aromatic N) is 2. The van der Waals surface area contributed by atoms with E-state index in [2.05, 4.69) is 12.0 Å². The molecule has 2 heterocycles. The molecule has 16 heavy (non-hydrogen) atoms. The van der Waals surface area contributed by atoms with Crippen molar-refractivity contribution < 1.29 is 4.79 Å². The molecule has 0 spiro atoms. The fourth-order valence-electron chi connectivity index (χ4n) is 1.65. The van der Waals surface area contributed by atoms with Crippen LogP contribution in [0.1, 0.15) is 35.0 Å². The van der Waals surface area contributed by atoms with Gasteiger partial charge in [0.15, 0.2) is 0 Å². The van der Waals surface area contributed by atoms with Crippen molar-refractivity contribution in [2.24, 2.45) is 0 Å². The minimum Gasteiger partial charge on any atom is -0.287 e. The molecule has 0 unspecified atom stereocenters. The van der Waals surface area contributed by atoms with Gasteiger partial charge in [0.2, 0.25) is 5.78 Å². The van der Waals surface area contributed by atoms with E-state index in [0.29, 0.717) is 5.69 Å². The normalized spacial score (nSPS) is 10.6. The van der Waals surface area contributed by atoms with E-state index < -0.39 is 0 Å². The fourth-order valence-corrected chi connectivity index (χ4v) is 2.47. The Bertz CT molecular complexity index is 499. The van der Waals surface area contributed by atoms with E-state index in [1.165, 1.54) is 0 Å². The third-order valence-electron chi connectivity index (χ3n) is 2.48. The number of thiophene rings is 1. The lowest BCUT2D eigenvalue weighted by Crippen LogP contribution is -2.11. The van der Waals surface area contributed by atoms with Crippen LogP contribution in [0.3, 0.4) is 0 Å². The molecule has 0 aliphatic rings. The van der Waals surface area contributed by atoms with Gasteiger partial charge in [0, 0.05) is 23.7 Å². The molecule has 0 aliphatic carbocycles. The molecule has 3 nitrogen and oxygen atoms in total. The Morgan fingerprint density at radius 1 is 1.50 bits per heavy atom. The van der Waals surface area contributed by atoms with Gasteiger partial charge in [-0.1, -0.05) is 6.92 Å². The first-order valence-electron chi connectivity index (χ1n) is 5.33. The Morgan fingerprint density at radius 2 is 2.31 bits per heavy atom. The number of ketones is 1. The van der Waals surface area contributed by atoms with Crippen LogP contribution in [-0.2, 0) is 6.54 Å². The van der Waals surface area contributed by atoms with Gasteiger partial charge in [0.25, 0.3) is 0 Å². The molecular formula is C12H14N2OS. The van der Waals surface area contributed by atoms with Crippen molar-refractivity contribution >= 4 is 17.1 Å². The lowest BCUT2D eigenvalue weighted by molar-refractivity contribution is 0.102. The Labute approximate surface area is 98.7 Å². The van der Waals surface area contributed by atoms with Gasteiger partial charge in [-0.2, -0.15) is 16.4 Å². The summed E-state index contributed by atoms with van der Waals surface area (Å²) in [5.41, 5.74) is 2.52. The summed E-state index contributed by atoms with van der Waals surface area (Å²) in [6, 6.07) is 1.79. The number of hydrogen-bond acceptors (Lipinski definition) is 3. The number of aromatic nitrogens is 2. The molecule has 0 aliphatic heterocycles. The summed E-state index contributed by atoms with van der Waals surface area (Å²) >= 11 is 1.56. The van der Waals surface area contributed by atoms with Gasteiger partial charge in [-0.3, -0.25) is 9.48 Å². The molecule has 2 aromatic rings. The Morgan fingerprint density at radius 3 is 2.94 bits per heavy atom. The summed E-state index contributed by atoms with van der Waals surface area (Å²) in [6.45, 7) is 4.83. The van der Waals surface area contributed by atoms with Crippen molar-refractivity contribution in [1.29, 1.82) is 0 Å². The van der Waals surface area contributed by atoms with Gasteiger partial charge in [-0.05, 0) is 30.4 Å². The summed E-state index contributed by atoms with van der Waals surface area (Å²) in [5.74, 6) is 0.0738. The first kappa shape index (κ1) is 11.1. The average molecular weight is 234 g/mol. The predicted molar refractivity (Wildman–Crippen MR) is 65.0 cm³/mol. The van der Waals surface area contributed by atoms with E-state index in [9.17, 15) is 4.79 Å². The molecule has 0 atom stereocenters. The van der Waals surface area contributed by atoms with Crippen LogP contribution in [0.2, 0.25) is 0 Å². The van der Waals surface area contributed by atoms with Crippen molar-refractivity contribution in [3.8, 4) is 0 Å². The number of hydrogen-bond donors (Lipinski definition) is 0. The first-order chi connectivity index (χ1) is 7.74. The predicted octanol–water partition coefficient (Wildman–Crippen LogP) is 2.89. The highest BCUT2D eigenvalue weighted by atomic mass is 32.1. The van der Waals surface area contributed by atoms with Gasteiger partial charge < -0.3 is 0 Å². The molecule has 0 saturated carbocycles. The number of rotatable bonds is 4. The van der Waals surface area contributed by atoms with E-state index in [-0.39, 0.29) is 5.78 Å². The highest BCUT2D eigenvalue weighted by Gasteiger charge is 2.16. The summed E-state index contributed by atoms with van der Waals surface area (Å²) in [5, 5.41) is 8.06. The zero-order valence-electron chi connectivity index (χ0n) is 9.43. The van der Waals surface area contributed by atoms with Crippen molar-refractivity contribution in [1.82, 2.24) is 9.78 Å². The SMILES string of the molecule is CCCn1nccc1C(=O)c1cscc1C. The van der Waals surface area contributed by atoms with Gasteiger partial charge in [-0.25, -0.2) is 0 Å². The molecule has 0 N–H and O–H groups in total. The average Bonchev–Trinajstić information content (AvgIpc) is 2.87. The maximum absolute atomic E-state index is 12.2. The van der Waals surface area contributed by atoms with Gasteiger partial charge in [-0.15, -0.1) is 0 Å². The molecule has 0 saturated heterocycles. The smallest absolute Gasteiger partial charge is 0.212 e. The lowest BCUT2D eigenvalue weighted by atomic mass is 10.1. The van der Waals surface area contributed by atoms with Crippen LogP contribution in [0, 0.1) is 6.92 Å². The summed E-state index contributed by atoms with van der Waals surface area (Å²) < 4.78 is 1.78. The Balaban J connectivity index is 2.34. The van der Waals surface area contributed by atoms with E-state index >= 15 is 0 Å². The van der Waals surface area contributed by atoms with Crippen LogP contribution in [0.15, 0.2) is 23.0 Å². The highest BCUT2D eigenvalue weighted by molar-refractivity contribution is 7.08. The van der Waals surface area contributed by atoms with Crippen molar-refractivity contribution in [3.05, 3.63) is 39.8 Å². The van der Waals surface area contributed by atoms with Crippen molar-refractivity contribution in [2.45, 2.75) is 26.8 Å². The number of carbonyl (C=O) groups excluding carboxylic acids is 1. The summed E-state index contributed by atoms with van der Waals surface area (Å²) in [7, 11) is 0. The minimum absolute atomic E-state index is 0.0738. The lowest BCUT2D eigenvalue weighted by Gasteiger charge is -2.04. The second-order valence-corrected chi connectivity index (χ2v) is 4.48. The second kappa shape index (κ2) is 4.61. The van der Waals surface area contributed by atoms with Crippen LogP contribution < -0.4 is 0 Å². The number of aryl methyl sites for hydroxylation is 2. The minimum atomic E-state index is 0.0738. The molecule has 4 heteroatoms. The van der Waals surface area contributed by atoms with Crippen LogP contribution in [0.4, 0.5) is 0 Å². The van der Waals surface area contributed by atoms with Crippen LogP contribution >= 0.6 is 11.3 Å². The van der Waals surface area contributed by atoms with Crippen molar-refractivity contribution in [2.75, 3.05) is 0 Å². The fraction of sp³-hybridized carbons (Fsp3) is 0.333.